The van der Waals surface area contributed by atoms with Gasteiger partial charge in [-0.05, 0) is 44.5 Å². The fourth-order valence-corrected chi connectivity index (χ4v) is 3.09. The van der Waals surface area contributed by atoms with Crippen LogP contribution in [0.2, 0.25) is 0 Å². The summed E-state index contributed by atoms with van der Waals surface area (Å²) in [6.45, 7) is 4.06. The summed E-state index contributed by atoms with van der Waals surface area (Å²) in [5, 5.41) is 3.48. The monoisotopic (exact) mass is 291 g/mol. The number of rotatable bonds is 6. The molecule has 0 saturated heterocycles. The largest absolute Gasteiger partial charge is 0.389 e. The van der Waals surface area contributed by atoms with Crippen LogP contribution in [0.4, 0.5) is 5.69 Å². The highest BCUT2D eigenvalue weighted by atomic mass is 32.1. The first-order chi connectivity index (χ1) is 9.58. The van der Waals surface area contributed by atoms with E-state index in [1.165, 1.54) is 31.2 Å². The van der Waals surface area contributed by atoms with Gasteiger partial charge in [-0.3, -0.25) is 0 Å². The lowest BCUT2D eigenvalue weighted by molar-refractivity contribution is 0.254. The first-order valence-corrected chi connectivity index (χ1v) is 7.83. The first-order valence-electron chi connectivity index (χ1n) is 7.42. The third-order valence-electron chi connectivity index (χ3n) is 4.17. The van der Waals surface area contributed by atoms with Crippen LogP contribution in [0.25, 0.3) is 0 Å². The van der Waals surface area contributed by atoms with Gasteiger partial charge in [-0.2, -0.15) is 0 Å². The molecule has 0 atom stereocenters. The molecule has 2 rings (SSSR count). The SMILES string of the molecule is Cc1ccc(C(N)=S)c(NCCN(C)C2CCCC2)c1. The van der Waals surface area contributed by atoms with Gasteiger partial charge in [-0.25, -0.2) is 0 Å². The van der Waals surface area contributed by atoms with E-state index in [2.05, 4.69) is 30.3 Å². The highest BCUT2D eigenvalue weighted by Crippen LogP contribution is 2.22. The molecule has 20 heavy (non-hydrogen) atoms. The second kappa shape index (κ2) is 7.04. The number of nitrogens with zero attached hydrogens (tertiary/aromatic N) is 1. The van der Waals surface area contributed by atoms with Gasteiger partial charge in [0, 0.05) is 30.4 Å². The maximum absolute atomic E-state index is 5.78. The molecule has 1 fully saturated rings. The van der Waals surface area contributed by atoms with E-state index in [4.69, 9.17) is 18.0 Å². The van der Waals surface area contributed by atoms with E-state index >= 15 is 0 Å². The van der Waals surface area contributed by atoms with Gasteiger partial charge < -0.3 is 16.0 Å². The van der Waals surface area contributed by atoms with Crippen molar-refractivity contribution in [3.8, 4) is 0 Å². The number of likely N-dealkylation sites (N-methyl/N-ethyl adjacent to an activating group) is 1. The number of thiocarbonyl (C=S) groups is 1. The standard InChI is InChI=1S/C16H25N3S/c1-12-7-8-14(16(17)20)15(11-12)18-9-10-19(2)13-5-3-4-6-13/h7-8,11,13,18H,3-6,9-10H2,1-2H3,(H2,17,20). The number of benzene rings is 1. The summed E-state index contributed by atoms with van der Waals surface area (Å²) in [7, 11) is 2.22. The van der Waals surface area contributed by atoms with Gasteiger partial charge >= 0.3 is 0 Å². The summed E-state index contributed by atoms with van der Waals surface area (Å²) in [5.41, 5.74) is 8.99. The summed E-state index contributed by atoms with van der Waals surface area (Å²) >= 11 is 5.11. The number of anilines is 1. The van der Waals surface area contributed by atoms with Crippen LogP contribution in [-0.4, -0.2) is 36.1 Å². The van der Waals surface area contributed by atoms with Gasteiger partial charge in [0.2, 0.25) is 0 Å². The Balaban J connectivity index is 1.90. The molecule has 3 N–H and O–H groups in total. The average Bonchev–Trinajstić information content (AvgIpc) is 2.92. The van der Waals surface area contributed by atoms with Crippen LogP contribution in [-0.2, 0) is 0 Å². The molecule has 0 aromatic heterocycles. The molecule has 3 nitrogen and oxygen atoms in total. The number of aryl methyl sites for hydroxylation is 1. The van der Waals surface area contributed by atoms with Gasteiger partial charge in [0.05, 0.1) is 0 Å². The van der Waals surface area contributed by atoms with Gasteiger partial charge in [0.25, 0.3) is 0 Å². The van der Waals surface area contributed by atoms with Crippen LogP contribution in [0, 0.1) is 6.92 Å². The zero-order valence-electron chi connectivity index (χ0n) is 12.5. The Morgan fingerprint density at radius 3 is 2.75 bits per heavy atom. The number of nitrogens with one attached hydrogen (secondary N) is 1. The summed E-state index contributed by atoms with van der Waals surface area (Å²) < 4.78 is 0. The van der Waals surface area contributed by atoms with E-state index in [0.29, 0.717) is 4.99 Å². The molecule has 1 aromatic rings. The topological polar surface area (TPSA) is 41.3 Å². The Kier molecular flexibility index (Phi) is 5.38. The fraction of sp³-hybridized carbons (Fsp3) is 0.562. The van der Waals surface area contributed by atoms with Crippen molar-refractivity contribution < 1.29 is 0 Å². The second-order valence-corrected chi connectivity index (χ2v) is 6.20. The molecule has 1 saturated carbocycles. The van der Waals surface area contributed by atoms with Crippen LogP contribution in [0.1, 0.15) is 36.8 Å². The zero-order chi connectivity index (χ0) is 14.5. The number of nitrogens with two attached hydrogens (primary N) is 1. The third kappa shape index (κ3) is 3.93. The molecule has 0 aliphatic heterocycles. The molecule has 0 spiro atoms. The molecule has 0 unspecified atom stereocenters. The Morgan fingerprint density at radius 2 is 2.10 bits per heavy atom. The van der Waals surface area contributed by atoms with Gasteiger partial charge in [-0.15, -0.1) is 0 Å². The highest BCUT2D eigenvalue weighted by molar-refractivity contribution is 7.80. The smallest absolute Gasteiger partial charge is 0.106 e. The Labute approximate surface area is 127 Å². The van der Waals surface area contributed by atoms with Crippen LogP contribution < -0.4 is 11.1 Å². The first kappa shape index (κ1) is 15.3. The van der Waals surface area contributed by atoms with E-state index in [-0.39, 0.29) is 0 Å². The lowest BCUT2D eigenvalue weighted by atomic mass is 10.1. The lowest BCUT2D eigenvalue weighted by Gasteiger charge is -2.24. The van der Waals surface area contributed by atoms with E-state index in [1.807, 2.05) is 12.1 Å². The van der Waals surface area contributed by atoms with Crippen molar-refractivity contribution in [2.75, 3.05) is 25.5 Å². The Bertz CT molecular complexity index is 467. The van der Waals surface area contributed by atoms with Crippen molar-refractivity contribution in [1.29, 1.82) is 0 Å². The van der Waals surface area contributed by atoms with Crippen molar-refractivity contribution in [3.63, 3.8) is 0 Å². The number of hydrogen-bond acceptors (Lipinski definition) is 3. The fourth-order valence-electron chi connectivity index (χ4n) is 2.91. The van der Waals surface area contributed by atoms with E-state index < -0.39 is 0 Å². The maximum Gasteiger partial charge on any atom is 0.106 e. The van der Waals surface area contributed by atoms with Crippen LogP contribution in [0.15, 0.2) is 18.2 Å². The van der Waals surface area contributed by atoms with E-state index in [9.17, 15) is 0 Å². The molecular formula is C16H25N3S. The van der Waals surface area contributed by atoms with Crippen LogP contribution in [0.3, 0.4) is 0 Å². The quantitative estimate of drug-likeness (QED) is 0.791. The normalized spacial score (nSPS) is 15.8. The van der Waals surface area contributed by atoms with Crippen molar-refractivity contribution >= 4 is 22.9 Å². The number of hydrogen-bond donors (Lipinski definition) is 2. The van der Waals surface area contributed by atoms with Crippen molar-refractivity contribution in [3.05, 3.63) is 29.3 Å². The van der Waals surface area contributed by atoms with Gasteiger partial charge in [0.15, 0.2) is 0 Å². The molecule has 4 heteroatoms. The van der Waals surface area contributed by atoms with Crippen LogP contribution in [0.5, 0.6) is 0 Å². The molecule has 0 bridgehead atoms. The van der Waals surface area contributed by atoms with E-state index in [1.54, 1.807) is 0 Å². The lowest BCUT2D eigenvalue weighted by Crippen LogP contribution is -2.33. The summed E-state index contributed by atoms with van der Waals surface area (Å²) in [5.74, 6) is 0. The van der Waals surface area contributed by atoms with Gasteiger partial charge in [0.1, 0.15) is 4.99 Å². The molecular weight excluding hydrogens is 266 g/mol. The Morgan fingerprint density at radius 1 is 1.40 bits per heavy atom. The van der Waals surface area contributed by atoms with Crippen molar-refractivity contribution in [2.45, 2.75) is 38.6 Å². The Hall–Kier alpha value is -1.13. The predicted octanol–water partition coefficient (Wildman–Crippen LogP) is 2.92. The van der Waals surface area contributed by atoms with Crippen molar-refractivity contribution in [1.82, 2.24) is 4.90 Å². The van der Waals surface area contributed by atoms with E-state index in [0.717, 1.165) is 30.4 Å². The van der Waals surface area contributed by atoms with Crippen molar-refractivity contribution in [2.24, 2.45) is 5.73 Å². The summed E-state index contributed by atoms with van der Waals surface area (Å²) in [4.78, 5) is 2.92. The second-order valence-electron chi connectivity index (χ2n) is 5.76. The molecule has 1 aromatic carbocycles. The third-order valence-corrected chi connectivity index (χ3v) is 4.39. The zero-order valence-corrected chi connectivity index (χ0v) is 13.3. The van der Waals surface area contributed by atoms with Crippen LogP contribution >= 0.6 is 12.2 Å². The molecule has 1 aliphatic rings. The molecule has 0 radical (unpaired) electrons. The molecule has 110 valence electrons. The molecule has 1 aliphatic carbocycles. The van der Waals surface area contributed by atoms with Gasteiger partial charge in [-0.1, -0.05) is 31.1 Å². The highest BCUT2D eigenvalue weighted by Gasteiger charge is 2.18. The minimum atomic E-state index is 0.455. The minimum Gasteiger partial charge on any atom is -0.389 e. The summed E-state index contributed by atoms with van der Waals surface area (Å²) in [6.07, 6.45) is 5.45. The summed E-state index contributed by atoms with van der Waals surface area (Å²) in [6, 6.07) is 6.93. The molecule has 0 heterocycles. The molecule has 0 amide bonds. The average molecular weight is 291 g/mol. The minimum absolute atomic E-state index is 0.455. The predicted molar refractivity (Wildman–Crippen MR) is 90.4 cm³/mol. The maximum atomic E-state index is 5.78.